The zero-order valence-corrected chi connectivity index (χ0v) is 19.3. The minimum Gasteiger partial charge on any atom is -0.382 e. The zero-order valence-electron chi connectivity index (χ0n) is 19.3. The maximum atomic E-state index is 13.9. The third-order valence-corrected chi connectivity index (χ3v) is 5.34. The van der Waals surface area contributed by atoms with Crippen LogP contribution in [0.4, 0.5) is 10.2 Å². The summed E-state index contributed by atoms with van der Waals surface area (Å²) >= 11 is 0. The number of nitrogens with one attached hydrogen (secondary N) is 2. The van der Waals surface area contributed by atoms with Gasteiger partial charge in [-0.05, 0) is 62.9 Å². The highest BCUT2D eigenvalue weighted by Crippen LogP contribution is 2.21. The summed E-state index contributed by atoms with van der Waals surface area (Å²) in [6, 6.07) is 16.8. The summed E-state index contributed by atoms with van der Waals surface area (Å²) in [5.74, 6) is 0.780. The van der Waals surface area contributed by atoms with Crippen LogP contribution in [0.25, 0.3) is 5.69 Å². The Bertz CT molecular complexity index is 1150. The number of aliphatic imine (C=N–C) groups is 1. The number of halogens is 1. The molecule has 0 aliphatic carbocycles. The third-order valence-electron chi connectivity index (χ3n) is 5.34. The fraction of sp³-hybridized carbons (Fsp3) is 0.320. The molecule has 0 aliphatic rings. The van der Waals surface area contributed by atoms with Gasteiger partial charge in [-0.15, -0.1) is 0 Å². The number of aromatic nitrogens is 2. The zero-order chi connectivity index (χ0) is 23.8. The van der Waals surface area contributed by atoms with Gasteiger partial charge in [-0.25, -0.2) is 9.07 Å². The van der Waals surface area contributed by atoms with Crippen molar-refractivity contribution in [2.75, 3.05) is 18.8 Å². The Hall–Kier alpha value is -3.86. The van der Waals surface area contributed by atoms with Crippen LogP contribution in [0.2, 0.25) is 0 Å². The number of guanidine groups is 1. The molecule has 0 saturated heterocycles. The average Bonchev–Trinajstić information content (AvgIpc) is 3.14. The predicted molar refractivity (Wildman–Crippen MR) is 130 cm³/mol. The SMILES string of the molecule is CCNC(=NCCCc1nn(-c2ccccc2)c(N)c1C#N)NC(C)c1ccc(C)c(F)c1. The number of benzene rings is 2. The number of anilines is 1. The monoisotopic (exact) mass is 447 g/mol. The maximum Gasteiger partial charge on any atom is 0.191 e. The van der Waals surface area contributed by atoms with E-state index in [9.17, 15) is 9.65 Å². The van der Waals surface area contributed by atoms with Gasteiger partial charge in [0.2, 0.25) is 0 Å². The number of nitrogen functional groups attached to an aromatic ring is 1. The van der Waals surface area contributed by atoms with E-state index >= 15 is 0 Å². The molecule has 1 unspecified atom stereocenters. The minimum absolute atomic E-state index is 0.107. The van der Waals surface area contributed by atoms with Crippen LogP contribution >= 0.6 is 0 Å². The Morgan fingerprint density at radius 2 is 2.03 bits per heavy atom. The van der Waals surface area contributed by atoms with Crippen LogP contribution < -0.4 is 16.4 Å². The third kappa shape index (κ3) is 5.89. The van der Waals surface area contributed by atoms with Crippen molar-refractivity contribution in [1.82, 2.24) is 20.4 Å². The molecule has 3 aromatic rings. The molecule has 2 aromatic carbocycles. The molecule has 0 bridgehead atoms. The van der Waals surface area contributed by atoms with Gasteiger partial charge in [-0.3, -0.25) is 4.99 Å². The molecule has 0 amide bonds. The highest BCUT2D eigenvalue weighted by molar-refractivity contribution is 5.80. The number of hydrogen-bond donors (Lipinski definition) is 3. The Labute approximate surface area is 194 Å². The van der Waals surface area contributed by atoms with Crippen molar-refractivity contribution in [1.29, 1.82) is 5.26 Å². The Kier molecular flexibility index (Phi) is 8.03. The van der Waals surface area contributed by atoms with Crippen molar-refractivity contribution in [2.24, 2.45) is 4.99 Å². The minimum atomic E-state index is -0.217. The van der Waals surface area contributed by atoms with Crippen molar-refractivity contribution in [2.45, 2.75) is 39.7 Å². The van der Waals surface area contributed by atoms with Crippen molar-refractivity contribution in [3.63, 3.8) is 0 Å². The lowest BCUT2D eigenvalue weighted by Gasteiger charge is -2.18. The first-order valence-corrected chi connectivity index (χ1v) is 11.1. The normalized spacial score (nSPS) is 12.3. The van der Waals surface area contributed by atoms with Gasteiger partial charge >= 0.3 is 0 Å². The van der Waals surface area contributed by atoms with Gasteiger partial charge in [0.05, 0.1) is 17.4 Å². The molecule has 0 spiro atoms. The largest absolute Gasteiger partial charge is 0.382 e. The standard InChI is InChI=1S/C25H30FN7/c1-4-29-25(31-18(3)19-13-12-17(2)22(26)15-19)30-14-8-11-23-21(16-27)24(28)33(32-23)20-9-6-5-7-10-20/h5-7,9-10,12-13,15,18H,4,8,11,14,28H2,1-3H3,(H2,29,30,31). The van der Waals surface area contributed by atoms with Crippen molar-refractivity contribution in [3.05, 3.63) is 76.7 Å². The average molecular weight is 448 g/mol. The highest BCUT2D eigenvalue weighted by Gasteiger charge is 2.16. The van der Waals surface area contributed by atoms with E-state index in [4.69, 9.17) is 5.73 Å². The summed E-state index contributed by atoms with van der Waals surface area (Å²) < 4.78 is 15.5. The van der Waals surface area contributed by atoms with Gasteiger partial charge in [0.15, 0.2) is 5.96 Å². The van der Waals surface area contributed by atoms with Gasteiger partial charge in [0, 0.05) is 13.1 Å². The van der Waals surface area contributed by atoms with E-state index in [1.54, 1.807) is 23.7 Å². The van der Waals surface area contributed by atoms with Gasteiger partial charge < -0.3 is 16.4 Å². The molecule has 8 heteroatoms. The number of nitriles is 1. The van der Waals surface area contributed by atoms with E-state index in [-0.39, 0.29) is 11.9 Å². The van der Waals surface area contributed by atoms with Crippen molar-refractivity contribution in [3.8, 4) is 11.8 Å². The summed E-state index contributed by atoms with van der Waals surface area (Å²) in [6.45, 7) is 6.95. The van der Waals surface area contributed by atoms with Gasteiger partial charge in [0.25, 0.3) is 0 Å². The van der Waals surface area contributed by atoms with Crippen LogP contribution in [0, 0.1) is 24.1 Å². The topological polar surface area (TPSA) is 104 Å². The molecule has 1 heterocycles. The van der Waals surface area contributed by atoms with Gasteiger partial charge in [-0.2, -0.15) is 10.4 Å². The van der Waals surface area contributed by atoms with Crippen LogP contribution in [-0.2, 0) is 6.42 Å². The van der Waals surface area contributed by atoms with E-state index < -0.39 is 0 Å². The van der Waals surface area contributed by atoms with E-state index in [0.717, 1.165) is 11.3 Å². The summed E-state index contributed by atoms with van der Waals surface area (Å²) in [5, 5.41) is 20.7. The molecule has 172 valence electrons. The van der Waals surface area contributed by atoms with Crippen molar-refractivity contribution >= 4 is 11.8 Å². The smallest absolute Gasteiger partial charge is 0.191 e. The van der Waals surface area contributed by atoms with E-state index in [1.165, 1.54) is 0 Å². The number of aryl methyl sites for hydroxylation is 2. The molecule has 0 aliphatic heterocycles. The molecule has 0 fully saturated rings. The fourth-order valence-electron chi connectivity index (χ4n) is 3.47. The van der Waals surface area contributed by atoms with Gasteiger partial charge in [0.1, 0.15) is 23.3 Å². The molecule has 4 N–H and O–H groups in total. The lowest BCUT2D eigenvalue weighted by molar-refractivity contribution is 0.607. The highest BCUT2D eigenvalue weighted by atomic mass is 19.1. The number of para-hydroxylation sites is 1. The Morgan fingerprint density at radius 1 is 1.27 bits per heavy atom. The second-order valence-electron chi connectivity index (χ2n) is 7.80. The summed E-state index contributed by atoms with van der Waals surface area (Å²) in [7, 11) is 0. The summed E-state index contributed by atoms with van der Waals surface area (Å²) in [4.78, 5) is 4.63. The summed E-state index contributed by atoms with van der Waals surface area (Å²) in [5.41, 5.74) is 9.53. The first-order chi connectivity index (χ1) is 15.9. The second kappa shape index (κ2) is 11.1. The van der Waals surface area contributed by atoms with E-state index in [2.05, 4.69) is 26.8 Å². The van der Waals surface area contributed by atoms with Crippen LogP contribution in [-0.4, -0.2) is 28.8 Å². The predicted octanol–water partition coefficient (Wildman–Crippen LogP) is 4.02. The van der Waals surface area contributed by atoms with Crippen LogP contribution in [0.5, 0.6) is 0 Å². The number of nitrogens with zero attached hydrogens (tertiary/aromatic N) is 4. The number of rotatable bonds is 8. The van der Waals surface area contributed by atoms with Gasteiger partial charge in [-0.1, -0.05) is 30.3 Å². The van der Waals surface area contributed by atoms with Crippen LogP contribution in [0.15, 0.2) is 53.5 Å². The fourth-order valence-corrected chi connectivity index (χ4v) is 3.47. The van der Waals surface area contributed by atoms with Crippen molar-refractivity contribution < 1.29 is 4.39 Å². The molecule has 0 saturated carbocycles. The molecule has 1 atom stereocenters. The van der Waals surface area contributed by atoms with E-state index in [1.807, 2.05) is 50.2 Å². The van der Waals surface area contributed by atoms with Crippen LogP contribution in [0.3, 0.4) is 0 Å². The second-order valence-corrected chi connectivity index (χ2v) is 7.80. The molecule has 33 heavy (non-hydrogen) atoms. The van der Waals surface area contributed by atoms with E-state index in [0.29, 0.717) is 54.5 Å². The Balaban J connectivity index is 1.65. The number of hydrogen-bond acceptors (Lipinski definition) is 4. The molecule has 7 nitrogen and oxygen atoms in total. The lowest BCUT2D eigenvalue weighted by atomic mass is 10.1. The molecular weight excluding hydrogens is 417 g/mol. The molecule has 1 aromatic heterocycles. The quantitative estimate of drug-likeness (QED) is 0.275. The lowest BCUT2D eigenvalue weighted by Crippen LogP contribution is -2.38. The molecule has 0 radical (unpaired) electrons. The molecular formula is C25H30FN7. The molecule has 3 rings (SSSR count). The first kappa shape index (κ1) is 23.8. The summed E-state index contributed by atoms with van der Waals surface area (Å²) in [6.07, 6.45) is 1.28. The first-order valence-electron chi connectivity index (χ1n) is 11.1. The number of nitrogens with two attached hydrogens (primary N) is 1. The Morgan fingerprint density at radius 3 is 2.70 bits per heavy atom. The van der Waals surface area contributed by atoms with Crippen LogP contribution in [0.1, 0.15) is 48.7 Å². The maximum absolute atomic E-state index is 13.9.